The highest BCUT2D eigenvalue weighted by atomic mass is 19.1. The first-order valence-corrected chi connectivity index (χ1v) is 5.40. The van der Waals surface area contributed by atoms with Crippen LogP contribution in [0.15, 0.2) is 12.1 Å². The van der Waals surface area contributed by atoms with Gasteiger partial charge in [0, 0.05) is 6.42 Å². The lowest BCUT2D eigenvalue weighted by Gasteiger charge is -2.11. The van der Waals surface area contributed by atoms with Crippen LogP contribution in [0.4, 0.5) is 14.5 Å². The highest BCUT2D eigenvalue weighted by Gasteiger charge is 2.15. The van der Waals surface area contributed by atoms with Crippen molar-refractivity contribution >= 4 is 11.6 Å². The second-order valence-electron chi connectivity index (χ2n) is 4.15. The molecule has 17 heavy (non-hydrogen) atoms. The summed E-state index contributed by atoms with van der Waals surface area (Å²) in [4.78, 5) is 11.5. The van der Waals surface area contributed by atoms with Crippen LogP contribution in [0.3, 0.4) is 0 Å². The number of aryl methyl sites for hydroxylation is 1. The van der Waals surface area contributed by atoms with Gasteiger partial charge in [-0.15, -0.1) is 0 Å². The van der Waals surface area contributed by atoms with Crippen LogP contribution >= 0.6 is 0 Å². The van der Waals surface area contributed by atoms with E-state index < -0.39 is 17.5 Å². The number of rotatable bonds is 4. The van der Waals surface area contributed by atoms with Crippen LogP contribution in [0.2, 0.25) is 0 Å². The van der Waals surface area contributed by atoms with Crippen molar-refractivity contribution in [2.75, 3.05) is 11.9 Å². The molecule has 1 unspecified atom stereocenters. The van der Waals surface area contributed by atoms with E-state index in [-0.39, 0.29) is 23.6 Å². The number of carbonyl (C=O) groups excluding carboxylic acids is 1. The topological polar surface area (TPSA) is 55.1 Å². The van der Waals surface area contributed by atoms with E-state index in [9.17, 15) is 13.6 Å². The normalized spacial score (nSPS) is 12.3. The van der Waals surface area contributed by atoms with Crippen molar-refractivity contribution in [3.63, 3.8) is 0 Å². The zero-order valence-corrected chi connectivity index (χ0v) is 9.89. The molecule has 1 rings (SSSR count). The standard InChI is InChI=1S/C12H16F2N2O/c1-7(6-15)5-10(17)16-12-9(13)4-3-8(2)11(12)14/h3-4,7H,5-6,15H2,1-2H3,(H,16,17). The smallest absolute Gasteiger partial charge is 0.224 e. The predicted octanol–water partition coefficient (Wildman–Crippen LogP) is 2.20. The second kappa shape index (κ2) is 5.72. The van der Waals surface area contributed by atoms with Gasteiger partial charge in [0.15, 0.2) is 5.82 Å². The van der Waals surface area contributed by atoms with Crippen molar-refractivity contribution in [1.82, 2.24) is 0 Å². The number of anilines is 1. The first-order valence-electron chi connectivity index (χ1n) is 5.40. The Bertz CT molecular complexity index is 421. The summed E-state index contributed by atoms with van der Waals surface area (Å²) in [5.41, 5.74) is 5.27. The SMILES string of the molecule is Cc1ccc(F)c(NC(=O)CC(C)CN)c1F. The molecule has 0 fully saturated rings. The van der Waals surface area contributed by atoms with E-state index in [1.54, 1.807) is 6.92 Å². The molecule has 1 aromatic carbocycles. The number of nitrogens with two attached hydrogens (primary N) is 1. The molecule has 1 atom stereocenters. The molecule has 0 aromatic heterocycles. The summed E-state index contributed by atoms with van der Waals surface area (Å²) < 4.78 is 26.9. The molecule has 0 bridgehead atoms. The van der Waals surface area contributed by atoms with Crippen LogP contribution in [0, 0.1) is 24.5 Å². The van der Waals surface area contributed by atoms with E-state index in [0.717, 1.165) is 6.07 Å². The Morgan fingerprint density at radius 1 is 1.47 bits per heavy atom. The van der Waals surface area contributed by atoms with Crippen LogP contribution in [-0.4, -0.2) is 12.5 Å². The van der Waals surface area contributed by atoms with Gasteiger partial charge in [0.2, 0.25) is 5.91 Å². The minimum absolute atomic E-state index is 0.0223. The lowest BCUT2D eigenvalue weighted by atomic mass is 10.1. The number of carbonyl (C=O) groups is 1. The van der Waals surface area contributed by atoms with Gasteiger partial charge < -0.3 is 11.1 Å². The van der Waals surface area contributed by atoms with E-state index in [0.29, 0.717) is 6.54 Å². The first-order chi connectivity index (χ1) is 7.95. The van der Waals surface area contributed by atoms with Crippen LogP contribution in [0.1, 0.15) is 18.9 Å². The maximum Gasteiger partial charge on any atom is 0.224 e. The van der Waals surface area contributed by atoms with Gasteiger partial charge in [-0.2, -0.15) is 0 Å². The predicted molar refractivity (Wildman–Crippen MR) is 62.6 cm³/mol. The molecule has 5 heteroatoms. The minimum Gasteiger partial charge on any atom is -0.330 e. The summed E-state index contributed by atoms with van der Waals surface area (Å²) >= 11 is 0. The summed E-state index contributed by atoms with van der Waals surface area (Å²) in [5.74, 6) is -1.97. The lowest BCUT2D eigenvalue weighted by molar-refractivity contribution is -0.116. The zero-order valence-electron chi connectivity index (χ0n) is 9.89. The number of halogens is 2. The summed E-state index contributed by atoms with van der Waals surface area (Å²) in [6, 6.07) is 2.45. The quantitative estimate of drug-likeness (QED) is 0.850. The molecule has 0 aliphatic carbocycles. The third kappa shape index (κ3) is 3.49. The molecule has 94 valence electrons. The van der Waals surface area contributed by atoms with Crippen molar-refractivity contribution in [2.24, 2.45) is 11.7 Å². The van der Waals surface area contributed by atoms with Gasteiger partial charge >= 0.3 is 0 Å². The fourth-order valence-corrected chi connectivity index (χ4v) is 1.36. The summed E-state index contributed by atoms with van der Waals surface area (Å²) in [6.45, 7) is 3.65. The largest absolute Gasteiger partial charge is 0.330 e. The van der Waals surface area contributed by atoms with Crippen LogP contribution < -0.4 is 11.1 Å². The average Bonchev–Trinajstić information content (AvgIpc) is 2.29. The Hall–Kier alpha value is -1.49. The van der Waals surface area contributed by atoms with E-state index in [1.807, 2.05) is 0 Å². The molecule has 1 aromatic rings. The summed E-state index contributed by atoms with van der Waals surface area (Å²) in [6.07, 6.45) is 0.142. The monoisotopic (exact) mass is 242 g/mol. The molecule has 0 heterocycles. The van der Waals surface area contributed by atoms with Crippen molar-refractivity contribution in [3.05, 3.63) is 29.3 Å². The van der Waals surface area contributed by atoms with Crippen molar-refractivity contribution in [3.8, 4) is 0 Å². The van der Waals surface area contributed by atoms with Gasteiger partial charge in [-0.3, -0.25) is 4.79 Å². The zero-order chi connectivity index (χ0) is 13.0. The molecule has 0 radical (unpaired) electrons. The Balaban J connectivity index is 2.81. The van der Waals surface area contributed by atoms with Crippen molar-refractivity contribution in [1.29, 1.82) is 0 Å². The van der Waals surface area contributed by atoms with Gasteiger partial charge in [0.05, 0.1) is 0 Å². The second-order valence-corrected chi connectivity index (χ2v) is 4.15. The molecule has 3 N–H and O–H groups in total. The minimum atomic E-state index is -0.776. The van der Waals surface area contributed by atoms with Gasteiger partial charge in [-0.1, -0.05) is 13.0 Å². The molecule has 0 spiro atoms. The van der Waals surface area contributed by atoms with E-state index in [2.05, 4.69) is 5.32 Å². The molecule has 3 nitrogen and oxygen atoms in total. The Morgan fingerprint density at radius 2 is 2.12 bits per heavy atom. The molecule has 1 amide bonds. The fraction of sp³-hybridized carbons (Fsp3) is 0.417. The molecule has 0 aliphatic rings. The third-order valence-corrected chi connectivity index (χ3v) is 2.48. The van der Waals surface area contributed by atoms with E-state index >= 15 is 0 Å². The maximum atomic E-state index is 13.6. The highest BCUT2D eigenvalue weighted by molar-refractivity contribution is 5.91. The van der Waals surface area contributed by atoms with Gasteiger partial charge in [0.1, 0.15) is 11.5 Å². The molecular formula is C12H16F2N2O. The highest BCUT2D eigenvalue weighted by Crippen LogP contribution is 2.22. The third-order valence-electron chi connectivity index (χ3n) is 2.48. The molecule has 0 aliphatic heterocycles. The Morgan fingerprint density at radius 3 is 2.71 bits per heavy atom. The van der Waals surface area contributed by atoms with Crippen LogP contribution in [0.25, 0.3) is 0 Å². The van der Waals surface area contributed by atoms with E-state index in [4.69, 9.17) is 5.73 Å². The fourth-order valence-electron chi connectivity index (χ4n) is 1.36. The number of benzene rings is 1. The van der Waals surface area contributed by atoms with Gasteiger partial charge in [-0.25, -0.2) is 8.78 Å². The number of amides is 1. The number of hydrogen-bond acceptors (Lipinski definition) is 2. The number of nitrogens with one attached hydrogen (secondary N) is 1. The van der Waals surface area contributed by atoms with Crippen molar-refractivity contribution in [2.45, 2.75) is 20.3 Å². The van der Waals surface area contributed by atoms with Crippen molar-refractivity contribution < 1.29 is 13.6 Å². The molecule has 0 saturated carbocycles. The first kappa shape index (κ1) is 13.6. The Kier molecular flexibility index (Phi) is 4.57. The van der Waals surface area contributed by atoms with Gasteiger partial charge in [0.25, 0.3) is 0 Å². The van der Waals surface area contributed by atoms with E-state index in [1.165, 1.54) is 13.0 Å². The Labute approximate surface area is 99.0 Å². The van der Waals surface area contributed by atoms with Gasteiger partial charge in [-0.05, 0) is 31.0 Å². The molecular weight excluding hydrogens is 226 g/mol. The summed E-state index contributed by atoms with van der Waals surface area (Å²) in [5, 5.41) is 2.24. The lowest BCUT2D eigenvalue weighted by Crippen LogP contribution is -2.21. The average molecular weight is 242 g/mol. The molecule has 0 saturated heterocycles. The number of hydrogen-bond donors (Lipinski definition) is 2. The maximum absolute atomic E-state index is 13.6. The summed E-state index contributed by atoms with van der Waals surface area (Å²) in [7, 11) is 0. The van der Waals surface area contributed by atoms with Crippen LogP contribution in [0.5, 0.6) is 0 Å². The van der Waals surface area contributed by atoms with Crippen LogP contribution in [-0.2, 0) is 4.79 Å².